The van der Waals surface area contributed by atoms with Crippen LogP contribution in [-0.4, -0.2) is 4.98 Å². The van der Waals surface area contributed by atoms with Crippen LogP contribution in [0.5, 0.6) is 0 Å². The van der Waals surface area contributed by atoms with Gasteiger partial charge in [-0.3, -0.25) is 0 Å². The summed E-state index contributed by atoms with van der Waals surface area (Å²) in [6.45, 7) is 0. The van der Waals surface area contributed by atoms with Gasteiger partial charge in [0.15, 0.2) is 0 Å². The van der Waals surface area contributed by atoms with Gasteiger partial charge in [-0.15, -0.1) is 0 Å². The molecule has 1 heterocycles. The maximum atomic E-state index is 12.4. The average Bonchev–Trinajstić information content (AvgIpc) is 2.01. The van der Waals surface area contributed by atoms with Crippen molar-refractivity contribution in [3.05, 3.63) is 28.5 Å². The fourth-order valence-electron chi connectivity index (χ4n) is 0.883. The molecule has 0 radical (unpaired) electrons. The van der Waals surface area contributed by atoms with E-state index < -0.39 is 16.9 Å². The Balaban J connectivity index is 3.32. The van der Waals surface area contributed by atoms with E-state index in [1.807, 2.05) is 0 Å². The molecule has 0 saturated heterocycles. The van der Waals surface area contributed by atoms with Gasteiger partial charge in [0.1, 0.15) is 5.15 Å². The Hall–Kier alpha value is -0.290. The molecule has 0 aliphatic heterocycles. The third-order valence-electron chi connectivity index (χ3n) is 1.42. The van der Waals surface area contributed by atoms with Gasteiger partial charge in [-0.25, -0.2) is 4.98 Å². The van der Waals surface area contributed by atoms with Gasteiger partial charge in [0.05, 0.1) is 5.56 Å². The second kappa shape index (κ2) is 3.84. The smallest absolute Gasteiger partial charge is 0.244 e. The third-order valence-corrected chi connectivity index (χ3v) is 2.31. The first kappa shape index (κ1) is 10.8. The normalized spacial score (nSPS) is 11.8. The summed E-state index contributed by atoms with van der Waals surface area (Å²) in [6, 6.07) is 1.28. The fourth-order valence-corrected chi connectivity index (χ4v) is 1.64. The topological polar surface area (TPSA) is 12.9 Å². The Bertz CT molecular complexity index is 313. The summed E-state index contributed by atoms with van der Waals surface area (Å²) >= 11 is 8.29. The number of aromatic nitrogens is 1. The van der Waals surface area contributed by atoms with Crippen LogP contribution in [0.3, 0.4) is 0 Å². The zero-order chi connectivity index (χ0) is 10.1. The summed E-state index contributed by atoms with van der Waals surface area (Å²) in [7, 11) is 0. The maximum absolute atomic E-state index is 12.4. The molecule has 0 spiro atoms. The molecule has 0 fully saturated rings. The molecule has 0 N–H and O–H groups in total. The third kappa shape index (κ3) is 2.34. The van der Waals surface area contributed by atoms with Crippen LogP contribution in [0.1, 0.15) is 11.1 Å². The SMILES string of the molecule is FC(F)(F)c1c(CBr)ccnc1Cl. The molecule has 1 aromatic rings. The van der Waals surface area contributed by atoms with Crippen LogP contribution >= 0.6 is 27.5 Å². The van der Waals surface area contributed by atoms with E-state index in [0.717, 1.165) is 0 Å². The molecule has 6 heteroatoms. The van der Waals surface area contributed by atoms with Crippen LogP contribution in [-0.2, 0) is 11.5 Å². The van der Waals surface area contributed by atoms with Crippen LogP contribution in [0.2, 0.25) is 5.15 Å². The summed E-state index contributed by atoms with van der Waals surface area (Å²) in [5.41, 5.74) is -0.777. The molecule has 0 aliphatic rings. The molecule has 1 rings (SSSR count). The second-order valence-corrected chi connectivity index (χ2v) is 3.19. The lowest BCUT2D eigenvalue weighted by Gasteiger charge is -2.11. The lowest BCUT2D eigenvalue weighted by molar-refractivity contribution is -0.138. The number of hydrogen-bond acceptors (Lipinski definition) is 1. The van der Waals surface area contributed by atoms with Gasteiger partial charge < -0.3 is 0 Å². The minimum atomic E-state index is -4.45. The van der Waals surface area contributed by atoms with E-state index in [1.54, 1.807) is 0 Å². The Labute approximate surface area is 86.0 Å². The number of alkyl halides is 4. The predicted octanol–water partition coefficient (Wildman–Crippen LogP) is 3.65. The van der Waals surface area contributed by atoms with Crippen LogP contribution < -0.4 is 0 Å². The van der Waals surface area contributed by atoms with Crippen molar-refractivity contribution in [3.8, 4) is 0 Å². The Morgan fingerprint density at radius 3 is 2.46 bits per heavy atom. The van der Waals surface area contributed by atoms with Crippen LogP contribution in [0, 0.1) is 0 Å². The summed E-state index contributed by atoms with van der Waals surface area (Å²) in [4.78, 5) is 3.38. The first-order valence-electron chi connectivity index (χ1n) is 3.23. The maximum Gasteiger partial charge on any atom is 0.419 e. The lowest BCUT2D eigenvalue weighted by atomic mass is 10.1. The van der Waals surface area contributed by atoms with E-state index in [0.29, 0.717) is 0 Å². The van der Waals surface area contributed by atoms with Gasteiger partial charge in [-0.1, -0.05) is 27.5 Å². The van der Waals surface area contributed by atoms with Gasteiger partial charge in [0.25, 0.3) is 0 Å². The Kier molecular flexibility index (Phi) is 3.18. The van der Waals surface area contributed by atoms with Crippen molar-refractivity contribution in [2.75, 3.05) is 0 Å². The summed E-state index contributed by atoms with van der Waals surface area (Å²) in [5.74, 6) is 0. The molecular weight excluding hydrogens is 270 g/mol. The molecule has 1 aromatic heterocycles. The van der Waals surface area contributed by atoms with Crippen molar-refractivity contribution >= 4 is 27.5 Å². The summed E-state index contributed by atoms with van der Waals surface area (Å²) in [5, 5.41) is -0.408. The van der Waals surface area contributed by atoms with Crippen molar-refractivity contribution in [3.63, 3.8) is 0 Å². The van der Waals surface area contributed by atoms with E-state index in [2.05, 4.69) is 20.9 Å². The van der Waals surface area contributed by atoms with Gasteiger partial charge in [-0.2, -0.15) is 13.2 Å². The van der Waals surface area contributed by atoms with E-state index in [-0.39, 0.29) is 10.9 Å². The van der Waals surface area contributed by atoms with Gasteiger partial charge in [-0.05, 0) is 11.6 Å². The van der Waals surface area contributed by atoms with E-state index in [9.17, 15) is 13.2 Å². The van der Waals surface area contributed by atoms with Gasteiger partial charge >= 0.3 is 6.18 Å². The van der Waals surface area contributed by atoms with Gasteiger partial charge in [0.2, 0.25) is 0 Å². The largest absolute Gasteiger partial charge is 0.419 e. The molecule has 0 unspecified atom stereocenters. The van der Waals surface area contributed by atoms with Crippen molar-refractivity contribution < 1.29 is 13.2 Å². The van der Waals surface area contributed by atoms with E-state index >= 15 is 0 Å². The molecule has 1 nitrogen and oxygen atoms in total. The minimum Gasteiger partial charge on any atom is -0.244 e. The highest BCUT2D eigenvalue weighted by Gasteiger charge is 2.36. The van der Waals surface area contributed by atoms with Crippen molar-refractivity contribution in [1.82, 2.24) is 4.98 Å². The van der Waals surface area contributed by atoms with Crippen LogP contribution in [0.25, 0.3) is 0 Å². The Morgan fingerprint density at radius 2 is 2.08 bits per heavy atom. The lowest BCUT2D eigenvalue weighted by Crippen LogP contribution is -2.10. The van der Waals surface area contributed by atoms with E-state index in [1.165, 1.54) is 12.3 Å². The molecular formula is C7H4BrClF3N. The number of rotatable bonds is 1. The summed E-state index contributed by atoms with van der Waals surface area (Å²) in [6.07, 6.45) is -3.21. The van der Waals surface area contributed by atoms with E-state index in [4.69, 9.17) is 11.6 Å². The molecule has 13 heavy (non-hydrogen) atoms. The molecule has 0 amide bonds. The number of nitrogens with zero attached hydrogens (tertiary/aromatic N) is 1. The minimum absolute atomic E-state index is 0.0903. The molecule has 72 valence electrons. The summed E-state index contributed by atoms with van der Waals surface area (Å²) < 4.78 is 37.1. The average molecular weight is 274 g/mol. The quantitative estimate of drug-likeness (QED) is 0.563. The van der Waals surface area contributed by atoms with Crippen LogP contribution in [0.15, 0.2) is 12.3 Å². The Morgan fingerprint density at radius 1 is 1.46 bits per heavy atom. The number of halogens is 5. The number of pyridine rings is 1. The van der Waals surface area contributed by atoms with Crippen molar-refractivity contribution in [2.45, 2.75) is 11.5 Å². The molecule has 0 aliphatic carbocycles. The molecule has 0 aromatic carbocycles. The highest BCUT2D eigenvalue weighted by molar-refractivity contribution is 9.08. The monoisotopic (exact) mass is 273 g/mol. The second-order valence-electron chi connectivity index (χ2n) is 2.27. The fraction of sp³-hybridized carbons (Fsp3) is 0.286. The van der Waals surface area contributed by atoms with Crippen molar-refractivity contribution in [2.24, 2.45) is 0 Å². The van der Waals surface area contributed by atoms with Gasteiger partial charge in [0, 0.05) is 11.5 Å². The number of hydrogen-bond donors (Lipinski definition) is 0. The molecule has 0 atom stereocenters. The molecule has 0 bridgehead atoms. The molecule has 0 saturated carbocycles. The predicted molar refractivity (Wildman–Crippen MR) is 46.9 cm³/mol. The first-order chi connectivity index (χ1) is 5.96. The zero-order valence-electron chi connectivity index (χ0n) is 6.20. The van der Waals surface area contributed by atoms with Crippen molar-refractivity contribution in [1.29, 1.82) is 0 Å². The van der Waals surface area contributed by atoms with Crippen LogP contribution in [0.4, 0.5) is 13.2 Å². The first-order valence-corrected chi connectivity index (χ1v) is 4.73. The highest BCUT2D eigenvalue weighted by Crippen LogP contribution is 2.36. The highest BCUT2D eigenvalue weighted by atomic mass is 79.9. The zero-order valence-corrected chi connectivity index (χ0v) is 8.54. The standard InChI is InChI=1S/C7H4BrClF3N/c8-3-4-1-2-13-6(9)5(4)7(10,11)12/h1-2H,3H2.